The number of terminal acetylenes is 1. The Balaban J connectivity index is 1.42. The molecule has 0 radical (unpaired) electrons. The third-order valence-corrected chi connectivity index (χ3v) is 9.52. The summed E-state index contributed by atoms with van der Waals surface area (Å²) < 4.78 is 41.4. The first-order chi connectivity index (χ1) is 20.7. The summed E-state index contributed by atoms with van der Waals surface area (Å²) in [5.74, 6) is 2.26. The number of nitrogens with zero attached hydrogens (tertiary/aromatic N) is 4. The third kappa shape index (κ3) is 4.32. The Bertz CT molecular complexity index is 1880. The number of hydrogen-bond donors (Lipinski definition) is 1. The maximum Gasteiger partial charge on any atom is 0.349 e. The molecular weight excluding hydrogens is 554 g/mol. The average Bonchev–Trinajstić information content (AvgIpc) is 3.48. The summed E-state index contributed by atoms with van der Waals surface area (Å²) in [5, 5.41) is 11.6. The molecule has 3 saturated heterocycles. The Morgan fingerprint density at radius 2 is 2.09 bits per heavy atom. The van der Waals surface area contributed by atoms with Gasteiger partial charge >= 0.3 is 11.6 Å². The van der Waals surface area contributed by atoms with E-state index in [9.17, 15) is 18.7 Å². The van der Waals surface area contributed by atoms with Gasteiger partial charge in [-0.3, -0.25) is 4.90 Å². The lowest BCUT2D eigenvalue weighted by molar-refractivity contribution is 0.107. The van der Waals surface area contributed by atoms with Crippen molar-refractivity contribution >= 4 is 27.5 Å². The molecule has 5 heterocycles. The first-order valence-corrected chi connectivity index (χ1v) is 14.8. The summed E-state index contributed by atoms with van der Waals surface area (Å²) in [5.41, 5.74) is 0.0339. The Morgan fingerprint density at radius 3 is 2.84 bits per heavy atom. The van der Waals surface area contributed by atoms with Crippen molar-refractivity contribution < 1.29 is 23.0 Å². The molecule has 4 aromatic rings. The number of aromatic hydroxyl groups is 1. The van der Waals surface area contributed by atoms with Crippen LogP contribution in [0.25, 0.3) is 33.0 Å². The van der Waals surface area contributed by atoms with E-state index in [1.54, 1.807) is 6.92 Å². The van der Waals surface area contributed by atoms with Gasteiger partial charge < -0.3 is 19.2 Å². The molecule has 3 fully saturated rings. The first-order valence-electron chi connectivity index (χ1n) is 14.8. The molecule has 2 aromatic carbocycles. The number of ether oxygens (including phenoxy) is 1. The minimum absolute atomic E-state index is 0.00323. The Labute approximate surface area is 247 Å². The van der Waals surface area contributed by atoms with Crippen LogP contribution in [-0.4, -0.2) is 64.0 Å². The van der Waals surface area contributed by atoms with Gasteiger partial charge in [-0.2, -0.15) is 9.97 Å². The van der Waals surface area contributed by atoms with Gasteiger partial charge in [0.05, 0.1) is 16.6 Å². The van der Waals surface area contributed by atoms with Gasteiger partial charge in [0.15, 0.2) is 5.82 Å². The van der Waals surface area contributed by atoms with Gasteiger partial charge in [-0.25, -0.2) is 13.6 Å². The minimum Gasteiger partial charge on any atom is -0.508 e. The van der Waals surface area contributed by atoms with Crippen LogP contribution in [0.2, 0.25) is 0 Å². The van der Waals surface area contributed by atoms with Crippen molar-refractivity contribution in [2.45, 2.75) is 63.7 Å². The molecule has 0 unspecified atom stereocenters. The van der Waals surface area contributed by atoms with Crippen LogP contribution in [0.3, 0.4) is 0 Å². The highest BCUT2D eigenvalue weighted by Gasteiger charge is 2.49. The highest BCUT2D eigenvalue weighted by Crippen LogP contribution is 2.42. The monoisotopic (exact) mass is 586 g/mol. The zero-order valence-corrected chi connectivity index (χ0v) is 24.1. The molecule has 1 N–H and O–H groups in total. The standard InChI is InChI=1S/C33H32F2N4O4/c1-4-21-9-12-39(21)30-27-28(36-32(37-30)42-17-33-10-6-11-38(33)16-20(34)15-33)18(3)29(43-31(27)41)24-14-22(40)13-19-7-8-25(35)23(5-2)26(19)24/h2,7-8,13-14,20-21,40H,4,6,9-12,15-17H2,1,3H3/t20-,21+,33+/m1/s1. The lowest BCUT2D eigenvalue weighted by Gasteiger charge is -2.41. The molecule has 10 heteroatoms. The van der Waals surface area contributed by atoms with Crippen molar-refractivity contribution in [2.24, 2.45) is 0 Å². The Kier molecular flexibility index (Phi) is 6.54. The van der Waals surface area contributed by atoms with Crippen LogP contribution in [-0.2, 0) is 0 Å². The summed E-state index contributed by atoms with van der Waals surface area (Å²) in [7, 11) is 0. The van der Waals surface area contributed by atoms with Crippen LogP contribution in [0.4, 0.5) is 14.6 Å². The van der Waals surface area contributed by atoms with Crippen LogP contribution >= 0.6 is 0 Å². The predicted octanol–water partition coefficient (Wildman–Crippen LogP) is 5.48. The molecule has 8 nitrogen and oxygen atoms in total. The number of aryl methyl sites for hydroxylation is 1. The number of anilines is 1. The second-order valence-corrected chi connectivity index (χ2v) is 12.0. The quantitative estimate of drug-likeness (QED) is 0.297. The van der Waals surface area contributed by atoms with Gasteiger partial charge in [-0.15, -0.1) is 6.42 Å². The summed E-state index contributed by atoms with van der Waals surface area (Å²) in [6.45, 7) is 6.03. The number of alkyl halides is 1. The molecule has 0 saturated carbocycles. The van der Waals surface area contributed by atoms with E-state index < -0.39 is 23.2 Å². The molecule has 0 amide bonds. The number of fused-ring (bicyclic) bond motifs is 3. The normalized spacial score (nSPS) is 23.5. The largest absolute Gasteiger partial charge is 0.508 e. The molecule has 7 rings (SSSR count). The van der Waals surface area contributed by atoms with Crippen molar-refractivity contribution in [1.82, 2.24) is 14.9 Å². The van der Waals surface area contributed by atoms with Crippen LogP contribution in [0.1, 0.15) is 50.2 Å². The number of hydrogen-bond acceptors (Lipinski definition) is 8. The average molecular weight is 587 g/mol. The molecule has 222 valence electrons. The van der Waals surface area contributed by atoms with E-state index >= 15 is 0 Å². The van der Waals surface area contributed by atoms with Gasteiger partial charge in [-0.1, -0.05) is 18.9 Å². The zero-order valence-electron chi connectivity index (χ0n) is 24.1. The SMILES string of the molecule is C#Cc1c(F)ccc2cc(O)cc(-c3oc(=O)c4c(N5CC[C@@H]5CC)nc(OC[C@@]56CCCN5C[C@H](F)C6)nc4c3C)c12. The number of rotatable bonds is 6. The van der Waals surface area contributed by atoms with Crippen LogP contribution in [0.15, 0.2) is 33.5 Å². The molecule has 0 spiro atoms. The van der Waals surface area contributed by atoms with E-state index in [4.69, 9.17) is 25.5 Å². The van der Waals surface area contributed by atoms with E-state index in [2.05, 4.69) is 22.6 Å². The van der Waals surface area contributed by atoms with E-state index in [0.717, 1.165) is 32.2 Å². The summed E-state index contributed by atoms with van der Waals surface area (Å²) >= 11 is 0. The maximum absolute atomic E-state index is 14.8. The van der Waals surface area contributed by atoms with Gasteiger partial charge in [0, 0.05) is 42.1 Å². The summed E-state index contributed by atoms with van der Waals surface area (Å²) in [6, 6.07) is 5.94. The third-order valence-electron chi connectivity index (χ3n) is 9.52. The molecule has 3 atom stereocenters. The van der Waals surface area contributed by atoms with Crippen molar-refractivity contribution in [3.63, 3.8) is 0 Å². The highest BCUT2D eigenvalue weighted by atomic mass is 19.1. The van der Waals surface area contributed by atoms with Crippen molar-refractivity contribution in [2.75, 3.05) is 31.1 Å². The van der Waals surface area contributed by atoms with E-state index in [1.165, 1.54) is 24.3 Å². The van der Waals surface area contributed by atoms with Crippen LogP contribution in [0, 0.1) is 25.1 Å². The van der Waals surface area contributed by atoms with Crippen molar-refractivity contribution in [1.29, 1.82) is 0 Å². The fourth-order valence-corrected chi connectivity index (χ4v) is 7.28. The Morgan fingerprint density at radius 1 is 1.26 bits per heavy atom. The topological polar surface area (TPSA) is 91.9 Å². The lowest BCUT2D eigenvalue weighted by Crippen LogP contribution is -2.48. The minimum atomic E-state index is -0.896. The van der Waals surface area contributed by atoms with Gasteiger partial charge in [-0.05, 0) is 62.7 Å². The summed E-state index contributed by atoms with van der Waals surface area (Å²) in [6.07, 6.45) is 8.86. The fraction of sp³-hybridized carbons (Fsp3) is 0.424. The van der Waals surface area contributed by atoms with E-state index in [0.29, 0.717) is 47.2 Å². The molecule has 2 aromatic heterocycles. The van der Waals surface area contributed by atoms with Gasteiger partial charge in [0.25, 0.3) is 0 Å². The number of phenolic OH excluding ortho intramolecular Hbond substituents is 1. The number of phenols is 1. The second kappa shape index (κ2) is 10.2. The van der Waals surface area contributed by atoms with Crippen LogP contribution < -0.4 is 15.3 Å². The second-order valence-electron chi connectivity index (χ2n) is 12.0. The van der Waals surface area contributed by atoms with Crippen molar-refractivity contribution in [3.05, 3.63) is 51.6 Å². The molecule has 43 heavy (non-hydrogen) atoms. The molecule has 3 aliphatic rings. The lowest BCUT2D eigenvalue weighted by atomic mass is 9.94. The predicted molar refractivity (Wildman–Crippen MR) is 160 cm³/mol. The zero-order chi connectivity index (χ0) is 30.0. The smallest absolute Gasteiger partial charge is 0.349 e. The maximum atomic E-state index is 14.8. The summed E-state index contributed by atoms with van der Waals surface area (Å²) in [4.78, 5) is 27.4. The van der Waals surface area contributed by atoms with E-state index in [1.807, 2.05) is 0 Å². The highest BCUT2D eigenvalue weighted by molar-refractivity contribution is 6.03. The number of halogens is 2. The number of benzene rings is 2. The molecular formula is C33H32F2N4O4. The Hall–Kier alpha value is -4.23. The van der Waals surface area contributed by atoms with E-state index in [-0.39, 0.29) is 46.7 Å². The van der Waals surface area contributed by atoms with Gasteiger partial charge in [0.1, 0.15) is 35.5 Å². The molecule has 0 aliphatic carbocycles. The number of aromatic nitrogens is 2. The van der Waals surface area contributed by atoms with Gasteiger partial charge in [0.2, 0.25) is 0 Å². The molecule has 0 bridgehead atoms. The fourth-order valence-electron chi connectivity index (χ4n) is 7.28. The van der Waals surface area contributed by atoms with Crippen LogP contribution in [0.5, 0.6) is 11.8 Å². The molecule has 3 aliphatic heterocycles. The van der Waals surface area contributed by atoms with Crippen molar-refractivity contribution in [3.8, 4) is 35.4 Å². The first kappa shape index (κ1) is 27.6.